The number of ether oxygens (including phenoxy) is 1. The fraction of sp³-hybridized carbons (Fsp3) is 0.316. The standard InChI is InChI=1S/C15H14ClNO2.2C2H6/c1-11-5-4-6-12(9-11)19-14-8-3-2-7-13(14)17-15(18)10-16;2*1-2/h2-9H,10H2,1H3,(H,17,18);2*1-2H3. The van der Waals surface area contributed by atoms with Crippen molar-refractivity contribution >= 4 is 23.2 Å². The molecule has 0 saturated heterocycles. The van der Waals surface area contributed by atoms with Gasteiger partial charge in [0.25, 0.3) is 0 Å². The molecule has 3 nitrogen and oxygen atoms in total. The molecular weight excluding hydrogens is 310 g/mol. The molecule has 0 spiro atoms. The lowest BCUT2D eigenvalue weighted by Gasteiger charge is -2.11. The van der Waals surface area contributed by atoms with Crippen molar-refractivity contribution in [2.75, 3.05) is 11.2 Å². The van der Waals surface area contributed by atoms with Gasteiger partial charge in [-0.3, -0.25) is 4.79 Å². The summed E-state index contributed by atoms with van der Waals surface area (Å²) in [7, 11) is 0. The van der Waals surface area contributed by atoms with Crippen LogP contribution in [0, 0.1) is 6.92 Å². The number of alkyl halides is 1. The van der Waals surface area contributed by atoms with Crippen molar-refractivity contribution in [1.29, 1.82) is 0 Å². The van der Waals surface area contributed by atoms with Gasteiger partial charge in [0.15, 0.2) is 5.75 Å². The van der Waals surface area contributed by atoms with E-state index >= 15 is 0 Å². The zero-order chi connectivity index (χ0) is 17.7. The minimum Gasteiger partial charge on any atom is -0.455 e. The molecular formula is C19H26ClNO2. The Morgan fingerprint density at radius 2 is 1.70 bits per heavy atom. The molecule has 126 valence electrons. The highest BCUT2D eigenvalue weighted by atomic mass is 35.5. The molecule has 0 aliphatic carbocycles. The molecule has 0 aliphatic rings. The molecule has 1 N–H and O–H groups in total. The van der Waals surface area contributed by atoms with E-state index in [0.717, 1.165) is 11.3 Å². The van der Waals surface area contributed by atoms with Crippen LogP contribution in [0.1, 0.15) is 33.3 Å². The number of rotatable bonds is 4. The van der Waals surface area contributed by atoms with Crippen LogP contribution in [0.15, 0.2) is 48.5 Å². The second-order valence-electron chi connectivity index (χ2n) is 4.10. The topological polar surface area (TPSA) is 38.3 Å². The number of amides is 1. The molecule has 0 atom stereocenters. The average molecular weight is 336 g/mol. The third-order valence-electron chi connectivity index (χ3n) is 2.50. The summed E-state index contributed by atoms with van der Waals surface area (Å²) in [5.41, 5.74) is 1.72. The lowest BCUT2D eigenvalue weighted by molar-refractivity contribution is -0.113. The number of para-hydroxylation sites is 2. The maximum atomic E-state index is 11.3. The quantitative estimate of drug-likeness (QED) is 0.694. The Kier molecular flexibility index (Phi) is 11.4. The Bertz CT molecular complexity index is 585. The number of hydrogen-bond donors (Lipinski definition) is 1. The number of nitrogens with one attached hydrogen (secondary N) is 1. The maximum absolute atomic E-state index is 11.3. The normalized spacial score (nSPS) is 8.78. The van der Waals surface area contributed by atoms with Crippen LogP contribution in [0.4, 0.5) is 5.69 Å². The lowest BCUT2D eigenvalue weighted by Crippen LogP contribution is -2.13. The molecule has 0 bridgehead atoms. The third-order valence-corrected chi connectivity index (χ3v) is 2.74. The van der Waals surface area contributed by atoms with E-state index in [2.05, 4.69) is 5.32 Å². The predicted octanol–water partition coefficient (Wildman–Crippen LogP) is 6.02. The summed E-state index contributed by atoms with van der Waals surface area (Å²) in [5.74, 6) is 0.972. The van der Waals surface area contributed by atoms with Crippen molar-refractivity contribution < 1.29 is 9.53 Å². The van der Waals surface area contributed by atoms with Crippen LogP contribution in [0.3, 0.4) is 0 Å². The van der Waals surface area contributed by atoms with E-state index in [4.69, 9.17) is 16.3 Å². The van der Waals surface area contributed by atoms with Crippen molar-refractivity contribution in [1.82, 2.24) is 0 Å². The van der Waals surface area contributed by atoms with E-state index in [1.807, 2.05) is 71.0 Å². The number of benzene rings is 2. The van der Waals surface area contributed by atoms with Gasteiger partial charge in [0, 0.05) is 0 Å². The van der Waals surface area contributed by atoms with Crippen molar-refractivity contribution in [3.8, 4) is 11.5 Å². The molecule has 1 amide bonds. The highest BCUT2D eigenvalue weighted by Crippen LogP contribution is 2.29. The van der Waals surface area contributed by atoms with E-state index in [1.165, 1.54) is 0 Å². The zero-order valence-electron chi connectivity index (χ0n) is 14.5. The van der Waals surface area contributed by atoms with E-state index in [9.17, 15) is 4.79 Å². The Balaban J connectivity index is 0.00000112. The van der Waals surface area contributed by atoms with Gasteiger partial charge in [-0.1, -0.05) is 52.0 Å². The van der Waals surface area contributed by atoms with E-state index in [1.54, 1.807) is 12.1 Å². The van der Waals surface area contributed by atoms with Gasteiger partial charge in [-0.2, -0.15) is 0 Å². The second-order valence-corrected chi connectivity index (χ2v) is 4.36. The fourth-order valence-corrected chi connectivity index (χ4v) is 1.72. The van der Waals surface area contributed by atoms with Crippen LogP contribution < -0.4 is 10.1 Å². The number of carbonyl (C=O) groups is 1. The molecule has 0 unspecified atom stereocenters. The van der Waals surface area contributed by atoms with Crippen LogP contribution in [0.5, 0.6) is 11.5 Å². The summed E-state index contributed by atoms with van der Waals surface area (Å²) in [4.78, 5) is 11.3. The molecule has 2 rings (SSSR count). The number of anilines is 1. The highest BCUT2D eigenvalue weighted by molar-refractivity contribution is 6.29. The van der Waals surface area contributed by atoms with Gasteiger partial charge < -0.3 is 10.1 Å². The monoisotopic (exact) mass is 335 g/mol. The summed E-state index contributed by atoms with van der Waals surface area (Å²) in [6.07, 6.45) is 0. The Morgan fingerprint density at radius 1 is 1.04 bits per heavy atom. The summed E-state index contributed by atoms with van der Waals surface area (Å²) in [6.45, 7) is 9.99. The Labute approximate surface area is 144 Å². The summed E-state index contributed by atoms with van der Waals surface area (Å²) < 4.78 is 5.78. The highest BCUT2D eigenvalue weighted by Gasteiger charge is 2.07. The molecule has 0 radical (unpaired) electrons. The smallest absolute Gasteiger partial charge is 0.239 e. The first kappa shape index (κ1) is 21.0. The second kappa shape index (κ2) is 12.5. The molecule has 4 heteroatoms. The molecule has 0 fully saturated rings. The maximum Gasteiger partial charge on any atom is 0.239 e. The minimum absolute atomic E-state index is 0.0845. The molecule has 2 aromatic rings. The largest absolute Gasteiger partial charge is 0.455 e. The molecule has 0 aromatic heterocycles. The van der Waals surface area contributed by atoms with Crippen molar-refractivity contribution in [3.63, 3.8) is 0 Å². The number of aryl methyl sites for hydroxylation is 1. The first-order valence-corrected chi connectivity index (χ1v) is 8.42. The molecule has 0 aliphatic heterocycles. The van der Waals surface area contributed by atoms with Crippen molar-refractivity contribution in [2.24, 2.45) is 0 Å². The lowest BCUT2D eigenvalue weighted by atomic mass is 10.2. The van der Waals surface area contributed by atoms with E-state index in [-0.39, 0.29) is 11.8 Å². The van der Waals surface area contributed by atoms with E-state index < -0.39 is 0 Å². The fourth-order valence-electron chi connectivity index (χ4n) is 1.65. The number of halogens is 1. The molecule has 0 saturated carbocycles. The van der Waals surface area contributed by atoms with Crippen molar-refractivity contribution in [3.05, 3.63) is 54.1 Å². The molecule has 0 heterocycles. The van der Waals surface area contributed by atoms with Gasteiger partial charge in [0.1, 0.15) is 11.6 Å². The zero-order valence-corrected chi connectivity index (χ0v) is 15.3. The van der Waals surface area contributed by atoms with Crippen LogP contribution in [-0.4, -0.2) is 11.8 Å². The van der Waals surface area contributed by atoms with Gasteiger partial charge in [-0.15, -0.1) is 11.6 Å². The first-order valence-electron chi connectivity index (χ1n) is 7.88. The van der Waals surface area contributed by atoms with Gasteiger partial charge in [0.05, 0.1) is 5.69 Å². The third kappa shape index (κ3) is 7.71. The van der Waals surface area contributed by atoms with E-state index in [0.29, 0.717) is 11.4 Å². The summed E-state index contributed by atoms with van der Waals surface area (Å²) >= 11 is 5.48. The Morgan fingerprint density at radius 3 is 2.30 bits per heavy atom. The average Bonchev–Trinajstić information content (AvgIpc) is 2.60. The van der Waals surface area contributed by atoms with Gasteiger partial charge in [-0.25, -0.2) is 0 Å². The Hall–Kier alpha value is -2.00. The summed E-state index contributed by atoms with van der Waals surface area (Å²) in [6, 6.07) is 15.0. The van der Waals surface area contributed by atoms with Crippen LogP contribution in [0.2, 0.25) is 0 Å². The van der Waals surface area contributed by atoms with Crippen molar-refractivity contribution in [2.45, 2.75) is 34.6 Å². The molecule has 23 heavy (non-hydrogen) atoms. The van der Waals surface area contributed by atoms with Gasteiger partial charge in [0.2, 0.25) is 5.91 Å². The predicted molar refractivity (Wildman–Crippen MR) is 99.7 cm³/mol. The summed E-state index contributed by atoms with van der Waals surface area (Å²) in [5, 5.41) is 2.70. The SMILES string of the molecule is CC.CC.Cc1cccc(Oc2ccccc2NC(=O)CCl)c1. The number of carbonyl (C=O) groups excluding carboxylic acids is 1. The minimum atomic E-state index is -0.262. The number of hydrogen-bond acceptors (Lipinski definition) is 2. The van der Waals surface area contributed by atoms with Crippen LogP contribution in [0.25, 0.3) is 0 Å². The van der Waals surface area contributed by atoms with Gasteiger partial charge >= 0.3 is 0 Å². The first-order chi connectivity index (χ1) is 11.2. The van der Waals surface area contributed by atoms with Crippen LogP contribution >= 0.6 is 11.6 Å². The van der Waals surface area contributed by atoms with Crippen LogP contribution in [-0.2, 0) is 4.79 Å². The molecule has 2 aromatic carbocycles. The van der Waals surface area contributed by atoms with Gasteiger partial charge in [-0.05, 0) is 36.8 Å².